The lowest BCUT2D eigenvalue weighted by atomic mass is 10.1. The largest absolute Gasteiger partial charge is 0.365 e. The van der Waals surface area contributed by atoms with Crippen LogP contribution in [0.4, 0.5) is 0 Å². The fourth-order valence-corrected chi connectivity index (χ4v) is 3.32. The van der Waals surface area contributed by atoms with E-state index in [1.165, 1.54) is 77.5 Å². The minimum Gasteiger partial charge on any atom is -0.365 e. The third-order valence-corrected chi connectivity index (χ3v) is 5.12. The lowest BCUT2D eigenvalue weighted by molar-refractivity contribution is 0.100. The van der Waals surface area contributed by atoms with Gasteiger partial charge in [-0.05, 0) is 52.0 Å². The van der Waals surface area contributed by atoms with Crippen molar-refractivity contribution >= 4 is 0 Å². The highest BCUT2D eigenvalue weighted by Crippen LogP contribution is 2.11. The van der Waals surface area contributed by atoms with Gasteiger partial charge in [0.05, 0.1) is 6.17 Å². The summed E-state index contributed by atoms with van der Waals surface area (Å²) in [6, 6.07) is 0. The molecule has 0 aliphatic carbocycles. The summed E-state index contributed by atoms with van der Waals surface area (Å²) < 4.78 is 0. The summed E-state index contributed by atoms with van der Waals surface area (Å²) in [5.41, 5.74) is 0. The van der Waals surface area contributed by atoms with Gasteiger partial charge in [0.15, 0.2) is 0 Å². The van der Waals surface area contributed by atoms with Gasteiger partial charge < -0.3 is 9.80 Å². The zero-order valence-corrected chi connectivity index (χ0v) is 16.3. The first kappa shape index (κ1) is 20.5. The third-order valence-electron chi connectivity index (χ3n) is 5.12. The predicted molar refractivity (Wildman–Crippen MR) is 103 cm³/mol. The van der Waals surface area contributed by atoms with E-state index in [0.29, 0.717) is 6.17 Å². The molecule has 3 nitrogen and oxygen atoms in total. The van der Waals surface area contributed by atoms with Crippen LogP contribution in [0.1, 0.15) is 72.1 Å². The molecule has 1 aliphatic rings. The van der Waals surface area contributed by atoms with Crippen LogP contribution in [0.15, 0.2) is 12.3 Å². The maximum atomic E-state index is 2.71. The Morgan fingerprint density at radius 2 is 1.57 bits per heavy atom. The van der Waals surface area contributed by atoms with Gasteiger partial charge in [-0.2, -0.15) is 0 Å². The van der Waals surface area contributed by atoms with Gasteiger partial charge in [0.25, 0.3) is 0 Å². The van der Waals surface area contributed by atoms with E-state index in [2.05, 4.69) is 54.8 Å². The number of hydrogen-bond acceptors (Lipinski definition) is 3. The second-order valence-corrected chi connectivity index (χ2v) is 7.14. The van der Waals surface area contributed by atoms with Gasteiger partial charge in [0.1, 0.15) is 0 Å². The molecule has 0 radical (unpaired) electrons. The first-order valence-electron chi connectivity index (χ1n) is 10.0. The second kappa shape index (κ2) is 12.8. The van der Waals surface area contributed by atoms with Crippen molar-refractivity contribution in [1.82, 2.24) is 14.7 Å². The minimum absolute atomic E-state index is 0.540. The van der Waals surface area contributed by atoms with Crippen molar-refractivity contribution in [2.45, 2.75) is 78.3 Å². The summed E-state index contributed by atoms with van der Waals surface area (Å²) in [6.45, 7) is 13.1. The number of unbranched alkanes of at least 4 members (excludes halogenated alkanes) is 5. The Hall–Kier alpha value is -0.540. The molecule has 0 N–H and O–H groups in total. The molecule has 0 bridgehead atoms. The average molecular weight is 324 g/mol. The Morgan fingerprint density at radius 3 is 2.30 bits per heavy atom. The van der Waals surface area contributed by atoms with Crippen LogP contribution in [0.5, 0.6) is 0 Å². The normalized spacial score (nSPS) is 19.0. The summed E-state index contributed by atoms with van der Waals surface area (Å²) in [7, 11) is 2.18. The Bertz CT molecular complexity index is 303. The molecule has 136 valence electrons. The van der Waals surface area contributed by atoms with Crippen LogP contribution in [0.25, 0.3) is 0 Å². The van der Waals surface area contributed by atoms with Crippen molar-refractivity contribution in [2.24, 2.45) is 0 Å². The van der Waals surface area contributed by atoms with Crippen LogP contribution in [-0.4, -0.2) is 60.6 Å². The monoisotopic (exact) mass is 323 g/mol. The summed E-state index contributed by atoms with van der Waals surface area (Å²) in [4.78, 5) is 7.61. The molecule has 0 aromatic carbocycles. The van der Waals surface area contributed by atoms with Crippen LogP contribution in [-0.2, 0) is 0 Å². The molecule has 1 atom stereocenters. The van der Waals surface area contributed by atoms with E-state index in [0.717, 1.165) is 6.54 Å². The topological polar surface area (TPSA) is 9.72 Å². The van der Waals surface area contributed by atoms with E-state index in [1.54, 1.807) is 0 Å². The van der Waals surface area contributed by atoms with Gasteiger partial charge in [-0.3, -0.25) is 4.90 Å². The molecule has 1 aliphatic heterocycles. The van der Waals surface area contributed by atoms with Crippen LogP contribution >= 0.6 is 0 Å². The predicted octanol–water partition coefficient (Wildman–Crippen LogP) is 4.56. The fourth-order valence-electron chi connectivity index (χ4n) is 3.32. The van der Waals surface area contributed by atoms with E-state index in [-0.39, 0.29) is 0 Å². The van der Waals surface area contributed by atoms with Gasteiger partial charge in [-0.25, -0.2) is 0 Å². The van der Waals surface area contributed by atoms with Gasteiger partial charge >= 0.3 is 0 Å². The molecule has 1 unspecified atom stereocenters. The fraction of sp³-hybridized carbons (Fsp3) is 0.900. The van der Waals surface area contributed by atoms with Crippen molar-refractivity contribution in [3.05, 3.63) is 12.3 Å². The van der Waals surface area contributed by atoms with Crippen molar-refractivity contribution in [1.29, 1.82) is 0 Å². The molecule has 0 fully saturated rings. The van der Waals surface area contributed by atoms with E-state index in [1.807, 2.05) is 0 Å². The molecule has 0 aromatic heterocycles. The second-order valence-electron chi connectivity index (χ2n) is 7.14. The Morgan fingerprint density at radius 1 is 0.913 bits per heavy atom. The van der Waals surface area contributed by atoms with Crippen LogP contribution in [0.2, 0.25) is 0 Å². The van der Waals surface area contributed by atoms with Crippen LogP contribution in [0.3, 0.4) is 0 Å². The molecule has 23 heavy (non-hydrogen) atoms. The lowest BCUT2D eigenvalue weighted by Crippen LogP contribution is -2.46. The molecule has 1 rings (SSSR count). The molecular formula is C20H41N3. The van der Waals surface area contributed by atoms with Gasteiger partial charge in [-0.1, -0.05) is 52.0 Å². The minimum atomic E-state index is 0.540. The Labute approximate surface area is 145 Å². The van der Waals surface area contributed by atoms with Gasteiger partial charge in [0.2, 0.25) is 0 Å². The van der Waals surface area contributed by atoms with Crippen molar-refractivity contribution in [3.8, 4) is 0 Å². The highest BCUT2D eigenvalue weighted by atomic mass is 15.3. The molecule has 0 saturated heterocycles. The summed E-state index contributed by atoms with van der Waals surface area (Å²) >= 11 is 0. The van der Waals surface area contributed by atoms with E-state index >= 15 is 0 Å². The molecule has 0 aromatic rings. The standard InChI is InChI=1S/C20H41N3/c1-5-7-9-10-11-16-22(15-8-6-2)17-13-19-23-18-12-14-21(4)20(23)3/h12,14,20H,5-11,13,15-19H2,1-4H3. The van der Waals surface area contributed by atoms with Crippen LogP contribution in [0, 0.1) is 0 Å². The maximum Gasteiger partial charge on any atom is 0.0785 e. The quantitative estimate of drug-likeness (QED) is 0.460. The maximum absolute atomic E-state index is 2.71. The van der Waals surface area contributed by atoms with Crippen molar-refractivity contribution < 1.29 is 0 Å². The molecule has 0 spiro atoms. The van der Waals surface area contributed by atoms with Crippen molar-refractivity contribution in [2.75, 3.05) is 39.8 Å². The van der Waals surface area contributed by atoms with E-state index < -0.39 is 0 Å². The van der Waals surface area contributed by atoms with Gasteiger partial charge in [0, 0.05) is 20.1 Å². The average Bonchev–Trinajstić information content (AvgIpc) is 2.55. The van der Waals surface area contributed by atoms with E-state index in [4.69, 9.17) is 0 Å². The van der Waals surface area contributed by atoms with E-state index in [9.17, 15) is 0 Å². The highest BCUT2D eigenvalue weighted by Gasteiger charge is 2.18. The molecule has 0 saturated carbocycles. The molecule has 0 amide bonds. The first-order valence-corrected chi connectivity index (χ1v) is 10.0. The zero-order valence-electron chi connectivity index (χ0n) is 16.3. The Kier molecular flexibility index (Phi) is 11.4. The van der Waals surface area contributed by atoms with Crippen LogP contribution < -0.4 is 0 Å². The molecule has 1 heterocycles. The number of nitrogens with zero attached hydrogens (tertiary/aromatic N) is 3. The molecular weight excluding hydrogens is 282 g/mol. The zero-order chi connectivity index (χ0) is 16.9. The molecule has 3 heteroatoms. The SMILES string of the molecule is CCCCCCCN(CCCC)CCCN1CC=CN(C)C1C. The number of rotatable bonds is 13. The summed E-state index contributed by atoms with van der Waals surface area (Å²) in [5.74, 6) is 0. The van der Waals surface area contributed by atoms with Gasteiger partial charge in [-0.15, -0.1) is 0 Å². The third kappa shape index (κ3) is 8.76. The smallest absolute Gasteiger partial charge is 0.0785 e. The summed E-state index contributed by atoms with van der Waals surface area (Å²) in [5, 5.41) is 0. The Balaban J connectivity index is 2.23. The number of hydrogen-bond donors (Lipinski definition) is 0. The summed E-state index contributed by atoms with van der Waals surface area (Å²) in [6.07, 6.45) is 16.0. The first-order chi connectivity index (χ1) is 11.2. The van der Waals surface area contributed by atoms with Crippen molar-refractivity contribution in [3.63, 3.8) is 0 Å². The lowest BCUT2D eigenvalue weighted by Gasteiger charge is -2.38. The highest BCUT2D eigenvalue weighted by molar-refractivity contribution is 4.92.